The van der Waals surface area contributed by atoms with Crippen molar-refractivity contribution < 1.29 is 4.74 Å². The number of ether oxygens (including phenoxy) is 1. The predicted molar refractivity (Wildman–Crippen MR) is 152 cm³/mol. The van der Waals surface area contributed by atoms with Gasteiger partial charge in [-0.25, -0.2) is 0 Å². The second kappa shape index (κ2) is 11.4. The predicted octanol–water partition coefficient (Wildman–Crippen LogP) is 8.89. The van der Waals surface area contributed by atoms with Crippen LogP contribution in [0.4, 0.5) is 17.1 Å². The van der Waals surface area contributed by atoms with Gasteiger partial charge in [0.1, 0.15) is 0 Å². The first kappa shape index (κ1) is 23.3. The Balaban J connectivity index is 1.52. The van der Waals surface area contributed by atoms with Crippen molar-refractivity contribution in [3.8, 4) is 0 Å². The van der Waals surface area contributed by atoms with Gasteiger partial charge in [-0.15, -0.1) is 0 Å². The summed E-state index contributed by atoms with van der Waals surface area (Å²) in [6, 6.07) is 48.9. The molecule has 176 valence electrons. The molecule has 0 N–H and O–H groups in total. The molecule has 5 aromatic carbocycles. The van der Waals surface area contributed by atoms with Crippen LogP contribution in [0.5, 0.6) is 0 Å². The Morgan fingerprint density at radius 2 is 1.00 bits per heavy atom. The molecule has 0 aliphatic rings. The summed E-state index contributed by atoms with van der Waals surface area (Å²) < 4.78 is 5.29. The number of nitrogens with zero attached hydrogens (tertiary/aromatic N) is 1. The minimum absolute atomic E-state index is 0.609. The molecule has 0 unspecified atom stereocenters. The minimum Gasteiger partial charge on any atom is -0.380 e. The number of hydrogen-bond acceptors (Lipinski definition) is 2. The maximum Gasteiger partial charge on any atom is 0.0713 e. The Morgan fingerprint density at radius 3 is 1.50 bits per heavy atom. The number of hydrogen-bond donors (Lipinski definition) is 0. The van der Waals surface area contributed by atoms with Crippen LogP contribution >= 0.6 is 0 Å². The van der Waals surface area contributed by atoms with Crippen LogP contribution in [0, 0.1) is 0 Å². The lowest BCUT2D eigenvalue weighted by Gasteiger charge is -2.25. The third-order valence-electron chi connectivity index (χ3n) is 6.15. The van der Waals surface area contributed by atoms with Crippen LogP contribution in [-0.4, -0.2) is 7.11 Å². The maximum absolute atomic E-state index is 5.29. The van der Waals surface area contributed by atoms with Gasteiger partial charge < -0.3 is 9.64 Å². The summed E-state index contributed by atoms with van der Waals surface area (Å²) in [4.78, 5) is 2.28. The van der Waals surface area contributed by atoms with Crippen molar-refractivity contribution in [2.45, 2.75) is 6.61 Å². The van der Waals surface area contributed by atoms with Crippen LogP contribution in [0.15, 0.2) is 140 Å². The van der Waals surface area contributed by atoms with E-state index in [0.717, 1.165) is 28.2 Å². The van der Waals surface area contributed by atoms with Crippen LogP contribution in [0.1, 0.15) is 22.3 Å². The van der Waals surface area contributed by atoms with Gasteiger partial charge in [-0.3, -0.25) is 0 Å². The highest BCUT2D eigenvalue weighted by Gasteiger charge is 2.12. The fourth-order valence-corrected chi connectivity index (χ4v) is 4.39. The Labute approximate surface area is 213 Å². The van der Waals surface area contributed by atoms with E-state index in [1.54, 1.807) is 7.11 Å². The van der Waals surface area contributed by atoms with Crippen LogP contribution in [0.3, 0.4) is 0 Å². The molecule has 0 aliphatic heterocycles. The second-order valence-corrected chi connectivity index (χ2v) is 8.65. The van der Waals surface area contributed by atoms with E-state index in [1.807, 2.05) is 6.07 Å². The average Bonchev–Trinajstić information content (AvgIpc) is 2.95. The largest absolute Gasteiger partial charge is 0.380 e. The summed E-state index contributed by atoms with van der Waals surface area (Å²) in [6.07, 6.45) is 2.26. The van der Waals surface area contributed by atoms with Gasteiger partial charge in [-0.1, -0.05) is 103 Å². The lowest BCUT2D eigenvalue weighted by atomic mass is 9.95. The molecule has 0 radical (unpaired) electrons. The molecular weight excluding hydrogens is 438 g/mol. The van der Waals surface area contributed by atoms with E-state index in [0.29, 0.717) is 6.61 Å². The summed E-state index contributed by atoms with van der Waals surface area (Å²) in [5, 5.41) is 0. The zero-order valence-corrected chi connectivity index (χ0v) is 20.4. The van der Waals surface area contributed by atoms with Gasteiger partial charge in [0.2, 0.25) is 0 Å². The van der Waals surface area contributed by atoms with E-state index in [9.17, 15) is 0 Å². The summed E-state index contributed by atoms with van der Waals surface area (Å²) in [6.45, 7) is 0.609. The molecule has 0 saturated heterocycles. The minimum atomic E-state index is 0.609. The maximum atomic E-state index is 5.29. The zero-order chi connectivity index (χ0) is 24.6. The first-order valence-corrected chi connectivity index (χ1v) is 12.2. The van der Waals surface area contributed by atoms with Crippen LogP contribution in [-0.2, 0) is 11.3 Å². The molecule has 0 aliphatic carbocycles. The summed E-state index contributed by atoms with van der Waals surface area (Å²) in [5.41, 5.74) is 9.27. The molecule has 2 heteroatoms. The van der Waals surface area contributed by atoms with E-state index >= 15 is 0 Å². The van der Waals surface area contributed by atoms with Gasteiger partial charge in [-0.05, 0) is 70.3 Å². The summed E-state index contributed by atoms with van der Waals surface area (Å²) in [5.74, 6) is 0. The fourth-order valence-electron chi connectivity index (χ4n) is 4.39. The van der Waals surface area contributed by atoms with Crippen molar-refractivity contribution in [2.75, 3.05) is 12.0 Å². The van der Waals surface area contributed by atoms with E-state index in [2.05, 4.69) is 144 Å². The Bertz CT molecular complexity index is 1350. The van der Waals surface area contributed by atoms with Crippen molar-refractivity contribution in [1.29, 1.82) is 0 Å². The molecule has 0 fully saturated rings. The first-order chi connectivity index (χ1) is 17.8. The van der Waals surface area contributed by atoms with Crippen LogP contribution in [0.25, 0.3) is 11.6 Å². The second-order valence-electron chi connectivity index (χ2n) is 8.65. The Kier molecular flexibility index (Phi) is 7.36. The van der Waals surface area contributed by atoms with Gasteiger partial charge in [0.05, 0.1) is 6.61 Å². The highest BCUT2D eigenvalue weighted by molar-refractivity contribution is 5.91. The summed E-state index contributed by atoms with van der Waals surface area (Å²) >= 11 is 0. The fraction of sp³-hybridized carbons (Fsp3) is 0.0588. The lowest BCUT2D eigenvalue weighted by Crippen LogP contribution is -2.09. The monoisotopic (exact) mass is 467 g/mol. The molecule has 0 amide bonds. The summed E-state index contributed by atoms with van der Waals surface area (Å²) in [7, 11) is 1.72. The quantitative estimate of drug-likeness (QED) is 0.211. The van der Waals surface area contributed by atoms with Crippen molar-refractivity contribution in [1.82, 2.24) is 0 Å². The molecule has 2 nitrogen and oxygen atoms in total. The highest BCUT2D eigenvalue weighted by atomic mass is 16.5. The molecule has 0 spiro atoms. The van der Waals surface area contributed by atoms with Gasteiger partial charge >= 0.3 is 0 Å². The van der Waals surface area contributed by atoms with Crippen molar-refractivity contribution in [2.24, 2.45) is 0 Å². The van der Waals surface area contributed by atoms with Crippen LogP contribution in [0.2, 0.25) is 0 Å². The normalized spacial score (nSPS) is 10.6. The van der Waals surface area contributed by atoms with E-state index in [4.69, 9.17) is 4.74 Å². The Hall–Kier alpha value is -4.40. The van der Waals surface area contributed by atoms with Crippen molar-refractivity contribution >= 4 is 28.7 Å². The molecule has 0 aromatic heterocycles. The van der Waals surface area contributed by atoms with E-state index in [-0.39, 0.29) is 0 Å². The molecule has 0 saturated carbocycles. The third-order valence-corrected chi connectivity index (χ3v) is 6.15. The lowest BCUT2D eigenvalue weighted by molar-refractivity contribution is 0.185. The molecular formula is C34H29NO. The number of anilines is 3. The van der Waals surface area contributed by atoms with Gasteiger partial charge in [0.25, 0.3) is 0 Å². The molecule has 0 bridgehead atoms. The van der Waals surface area contributed by atoms with Crippen molar-refractivity contribution in [3.05, 3.63) is 162 Å². The number of methoxy groups -OCH3 is 1. The van der Waals surface area contributed by atoms with E-state index < -0.39 is 0 Å². The molecule has 5 rings (SSSR count). The van der Waals surface area contributed by atoms with Gasteiger partial charge in [0.15, 0.2) is 0 Å². The smallest absolute Gasteiger partial charge is 0.0713 e. The molecule has 5 aromatic rings. The van der Waals surface area contributed by atoms with Crippen LogP contribution < -0.4 is 4.90 Å². The first-order valence-electron chi connectivity index (χ1n) is 12.2. The standard InChI is InChI=1S/C34H29NO/c1-36-26-28-19-23-33(24-20-28)35(31-15-9-4-10-16-31)32-21-17-27(18-22-32)25-34(29-11-5-2-6-12-29)30-13-7-3-8-14-30/h2-25H,26H2,1H3. The molecule has 0 atom stereocenters. The SMILES string of the molecule is COCc1ccc(N(c2ccccc2)c2ccc(C=C(c3ccccc3)c3ccccc3)cc2)cc1. The Morgan fingerprint density at radius 1 is 0.556 bits per heavy atom. The third kappa shape index (κ3) is 5.46. The van der Waals surface area contributed by atoms with Crippen molar-refractivity contribution in [3.63, 3.8) is 0 Å². The zero-order valence-electron chi connectivity index (χ0n) is 20.4. The topological polar surface area (TPSA) is 12.5 Å². The molecule has 0 heterocycles. The highest BCUT2D eigenvalue weighted by Crippen LogP contribution is 2.35. The average molecular weight is 468 g/mol. The number of para-hydroxylation sites is 1. The van der Waals surface area contributed by atoms with Gasteiger partial charge in [0, 0.05) is 24.2 Å². The number of rotatable bonds is 8. The van der Waals surface area contributed by atoms with Gasteiger partial charge in [-0.2, -0.15) is 0 Å². The van der Waals surface area contributed by atoms with E-state index in [1.165, 1.54) is 16.7 Å². The number of benzene rings is 5. The molecule has 36 heavy (non-hydrogen) atoms.